The molecule has 16 heavy (non-hydrogen) atoms. The minimum Gasteiger partial charge on any atom is -0.393 e. The molecule has 1 atom stereocenters. The van der Waals surface area contributed by atoms with Crippen LogP contribution in [-0.4, -0.2) is 11.2 Å². The van der Waals surface area contributed by atoms with Crippen molar-refractivity contribution in [1.82, 2.24) is 0 Å². The van der Waals surface area contributed by atoms with E-state index in [4.69, 9.17) is 0 Å². The molecule has 92 valence electrons. The van der Waals surface area contributed by atoms with E-state index >= 15 is 0 Å². The maximum Gasteiger partial charge on any atom is 0.0585 e. The lowest BCUT2D eigenvalue weighted by molar-refractivity contribution is 0.113. The second-order valence-electron chi connectivity index (χ2n) is 5.84. The molecular weight excluding hydrogens is 196 g/mol. The minimum atomic E-state index is -0.137. The van der Waals surface area contributed by atoms with Crippen molar-refractivity contribution in [2.24, 2.45) is 5.41 Å². The van der Waals surface area contributed by atoms with E-state index in [1.165, 1.54) is 11.1 Å². The molecule has 1 aliphatic rings. The van der Waals surface area contributed by atoms with Gasteiger partial charge in [0.25, 0.3) is 0 Å². The SMILES string of the molecule is CC=C(C)CCC1=C(C)C[C@@H](O)CC1(C)C. The molecule has 0 saturated carbocycles. The second-order valence-corrected chi connectivity index (χ2v) is 5.84. The van der Waals surface area contributed by atoms with Crippen molar-refractivity contribution in [3.8, 4) is 0 Å². The summed E-state index contributed by atoms with van der Waals surface area (Å²) >= 11 is 0. The Labute approximate surface area is 100 Å². The van der Waals surface area contributed by atoms with Crippen LogP contribution in [0.5, 0.6) is 0 Å². The van der Waals surface area contributed by atoms with Crippen LogP contribution in [-0.2, 0) is 0 Å². The number of hydrogen-bond acceptors (Lipinski definition) is 1. The summed E-state index contributed by atoms with van der Waals surface area (Å²) in [5.41, 5.74) is 4.62. The van der Waals surface area contributed by atoms with Gasteiger partial charge in [0.05, 0.1) is 6.10 Å². The number of aliphatic hydroxyl groups is 1. The van der Waals surface area contributed by atoms with E-state index in [2.05, 4.69) is 40.7 Å². The van der Waals surface area contributed by atoms with Gasteiger partial charge in [-0.25, -0.2) is 0 Å². The molecule has 0 unspecified atom stereocenters. The molecule has 0 aromatic heterocycles. The fraction of sp³-hybridized carbons (Fsp3) is 0.733. The monoisotopic (exact) mass is 222 g/mol. The Bertz CT molecular complexity index is 307. The highest BCUT2D eigenvalue weighted by Gasteiger charge is 2.32. The molecule has 0 amide bonds. The highest BCUT2D eigenvalue weighted by atomic mass is 16.3. The van der Waals surface area contributed by atoms with Crippen molar-refractivity contribution in [3.63, 3.8) is 0 Å². The summed E-state index contributed by atoms with van der Waals surface area (Å²) in [6.45, 7) is 11.0. The van der Waals surface area contributed by atoms with Gasteiger partial charge in [0.1, 0.15) is 0 Å². The Hall–Kier alpha value is -0.560. The lowest BCUT2D eigenvalue weighted by atomic mass is 9.70. The smallest absolute Gasteiger partial charge is 0.0585 e. The molecule has 0 fully saturated rings. The van der Waals surface area contributed by atoms with Crippen LogP contribution in [0.25, 0.3) is 0 Å². The van der Waals surface area contributed by atoms with E-state index in [1.807, 2.05) is 0 Å². The summed E-state index contributed by atoms with van der Waals surface area (Å²) in [5, 5.41) is 9.81. The second kappa shape index (κ2) is 5.18. The van der Waals surface area contributed by atoms with Crippen molar-refractivity contribution in [2.45, 2.75) is 66.4 Å². The molecule has 1 aliphatic carbocycles. The predicted molar refractivity (Wildman–Crippen MR) is 70.4 cm³/mol. The van der Waals surface area contributed by atoms with E-state index in [0.29, 0.717) is 0 Å². The van der Waals surface area contributed by atoms with E-state index in [9.17, 15) is 5.11 Å². The Kier molecular flexibility index (Phi) is 4.37. The van der Waals surface area contributed by atoms with E-state index < -0.39 is 0 Å². The molecule has 0 spiro atoms. The molecule has 0 aromatic rings. The number of allylic oxidation sites excluding steroid dienone is 3. The third-order valence-corrected chi connectivity index (χ3v) is 3.88. The predicted octanol–water partition coefficient (Wildman–Crippen LogP) is 4.23. The molecule has 0 aliphatic heterocycles. The van der Waals surface area contributed by atoms with Gasteiger partial charge < -0.3 is 5.11 Å². The lowest BCUT2D eigenvalue weighted by Gasteiger charge is -2.37. The fourth-order valence-electron chi connectivity index (χ4n) is 2.86. The van der Waals surface area contributed by atoms with Crippen LogP contribution < -0.4 is 0 Å². The summed E-state index contributed by atoms with van der Waals surface area (Å²) in [7, 11) is 0. The van der Waals surface area contributed by atoms with E-state index in [0.717, 1.165) is 25.7 Å². The molecule has 0 heterocycles. The molecule has 1 rings (SSSR count). The van der Waals surface area contributed by atoms with Crippen LogP contribution in [0.15, 0.2) is 22.8 Å². The first-order chi connectivity index (χ1) is 7.36. The zero-order valence-electron chi connectivity index (χ0n) is 11.4. The Morgan fingerprint density at radius 3 is 2.62 bits per heavy atom. The molecule has 0 aromatic carbocycles. The Morgan fingerprint density at radius 1 is 1.50 bits per heavy atom. The molecule has 1 nitrogen and oxygen atoms in total. The van der Waals surface area contributed by atoms with Gasteiger partial charge in [-0.1, -0.05) is 36.6 Å². The van der Waals surface area contributed by atoms with Gasteiger partial charge >= 0.3 is 0 Å². The summed E-state index contributed by atoms with van der Waals surface area (Å²) in [6, 6.07) is 0. The molecule has 1 N–H and O–H groups in total. The molecule has 0 radical (unpaired) electrons. The molecular formula is C15H26O. The standard InChI is InChI=1S/C15H26O/c1-6-11(2)7-8-14-12(3)9-13(16)10-15(14,4)5/h6,13,16H,7-10H2,1-5H3/t13-/m1/s1. The molecule has 0 bridgehead atoms. The van der Waals surface area contributed by atoms with Gasteiger partial charge in [0, 0.05) is 0 Å². The van der Waals surface area contributed by atoms with Crippen molar-refractivity contribution in [3.05, 3.63) is 22.8 Å². The Morgan fingerprint density at radius 2 is 2.12 bits per heavy atom. The first kappa shape index (κ1) is 13.5. The van der Waals surface area contributed by atoms with Gasteiger partial charge in [0.2, 0.25) is 0 Å². The first-order valence-electron chi connectivity index (χ1n) is 6.35. The van der Waals surface area contributed by atoms with Crippen LogP contribution >= 0.6 is 0 Å². The zero-order chi connectivity index (χ0) is 12.3. The number of rotatable bonds is 3. The maximum atomic E-state index is 9.81. The third kappa shape index (κ3) is 3.21. The zero-order valence-corrected chi connectivity index (χ0v) is 11.4. The third-order valence-electron chi connectivity index (χ3n) is 3.88. The van der Waals surface area contributed by atoms with Gasteiger partial charge in [-0.15, -0.1) is 0 Å². The van der Waals surface area contributed by atoms with E-state index in [-0.39, 0.29) is 11.5 Å². The summed E-state index contributed by atoms with van der Waals surface area (Å²) < 4.78 is 0. The topological polar surface area (TPSA) is 20.2 Å². The normalized spacial score (nSPS) is 26.1. The largest absolute Gasteiger partial charge is 0.393 e. The van der Waals surface area contributed by atoms with Crippen molar-refractivity contribution >= 4 is 0 Å². The van der Waals surface area contributed by atoms with Crippen molar-refractivity contribution in [1.29, 1.82) is 0 Å². The minimum absolute atomic E-state index is 0.137. The highest BCUT2D eigenvalue weighted by Crippen LogP contribution is 2.42. The average molecular weight is 222 g/mol. The van der Waals surface area contributed by atoms with Crippen LogP contribution in [0.3, 0.4) is 0 Å². The van der Waals surface area contributed by atoms with Crippen molar-refractivity contribution in [2.75, 3.05) is 0 Å². The van der Waals surface area contributed by atoms with Crippen LogP contribution in [0.2, 0.25) is 0 Å². The summed E-state index contributed by atoms with van der Waals surface area (Å²) in [4.78, 5) is 0. The fourth-order valence-corrected chi connectivity index (χ4v) is 2.86. The summed E-state index contributed by atoms with van der Waals surface area (Å²) in [5.74, 6) is 0. The number of hydrogen-bond donors (Lipinski definition) is 1. The molecule has 0 saturated heterocycles. The number of aliphatic hydroxyl groups excluding tert-OH is 1. The Balaban J connectivity index is 2.79. The van der Waals surface area contributed by atoms with Gasteiger partial charge in [-0.3, -0.25) is 0 Å². The first-order valence-corrected chi connectivity index (χ1v) is 6.35. The average Bonchev–Trinajstić information content (AvgIpc) is 2.14. The van der Waals surface area contributed by atoms with Crippen LogP contribution in [0.1, 0.15) is 60.3 Å². The van der Waals surface area contributed by atoms with Crippen LogP contribution in [0.4, 0.5) is 0 Å². The lowest BCUT2D eigenvalue weighted by Crippen LogP contribution is -2.29. The molecule has 1 heteroatoms. The van der Waals surface area contributed by atoms with Gasteiger partial charge in [-0.05, 0) is 51.9 Å². The quantitative estimate of drug-likeness (QED) is 0.708. The van der Waals surface area contributed by atoms with Gasteiger partial charge in [-0.2, -0.15) is 0 Å². The van der Waals surface area contributed by atoms with Gasteiger partial charge in [0.15, 0.2) is 0 Å². The van der Waals surface area contributed by atoms with Crippen molar-refractivity contribution < 1.29 is 5.11 Å². The van der Waals surface area contributed by atoms with E-state index in [1.54, 1.807) is 5.57 Å². The summed E-state index contributed by atoms with van der Waals surface area (Å²) in [6.07, 6.45) is 6.15. The maximum absolute atomic E-state index is 9.81. The highest BCUT2D eigenvalue weighted by molar-refractivity contribution is 5.24. The van der Waals surface area contributed by atoms with Crippen LogP contribution in [0, 0.1) is 5.41 Å².